The average Bonchev–Trinajstić information content (AvgIpc) is 4.11. The fourth-order valence-electron chi connectivity index (χ4n) is 7.27. The number of aliphatic hydroxyl groups is 1. The number of aldehydes is 1. The molecular weight excluding hydrogens is 1120 g/mol. The predicted molar refractivity (Wildman–Crippen MR) is 291 cm³/mol. The van der Waals surface area contributed by atoms with E-state index >= 15 is 0 Å². The van der Waals surface area contributed by atoms with E-state index in [0.717, 1.165) is 39.4 Å². The number of halogens is 9. The number of carbonyl (C=O) groups is 4. The number of hydrogen-bond acceptors (Lipinski definition) is 14. The third-order valence-corrected chi connectivity index (χ3v) is 13.6. The van der Waals surface area contributed by atoms with Gasteiger partial charge in [0.15, 0.2) is 11.3 Å². The van der Waals surface area contributed by atoms with Gasteiger partial charge in [-0.15, -0.1) is 0 Å². The van der Waals surface area contributed by atoms with Gasteiger partial charge in [0.25, 0.3) is 17.7 Å². The molecule has 0 radical (unpaired) electrons. The summed E-state index contributed by atoms with van der Waals surface area (Å²) in [7, 11) is 0. The molecule has 6 aromatic heterocycles. The summed E-state index contributed by atoms with van der Waals surface area (Å²) < 4.78 is 110. The quantitative estimate of drug-likeness (QED) is 0.0709. The average molecular weight is 1160 g/mol. The third-order valence-electron chi connectivity index (χ3n) is 10.8. The molecule has 412 valence electrons. The molecule has 6 heterocycles. The second kappa shape index (κ2) is 25.0. The van der Waals surface area contributed by atoms with E-state index in [1.807, 2.05) is 6.92 Å². The zero-order valence-corrected chi connectivity index (χ0v) is 44.2. The number of amides is 3. The van der Waals surface area contributed by atoms with Crippen LogP contribution in [0.1, 0.15) is 84.3 Å². The van der Waals surface area contributed by atoms with E-state index in [0.29, 0.717) is 110 Å². The first-order chi connectivity index (χ1) is 37.7. The van der Waals surface area contributed by atoms with Crippen LogP contribution < -0.4 is 16.0 Å². The molecule has 0 fully saturated rings. The number of nitrogens with zero attached hydrogens (tertiary/aromatic N) is 6. The summed E-state index contributed by atoms with van der Waals surface area (Å²) in [6.45, 7) is 6.65. The van der Waals surface area contributed by atoms with Crippen LogP contribution in [-0.2, 0) is 6.61 Å². The maximum Gasteiger partial charge on any atom is 0.409 e. The van der Waals surface area contributed by atoms with Crippen LogP contribution >= 0.6 is 34.0 Å². The minimum Gasteiger partial charge on any atom is -0.389 e. The molecule has 26 heteroatoms. The van der Waals surface area contributed by atoms with Crippen molar-refractivity contribution < 1.29 is 63.8 Å². The number of aromatic nitrogens is 6. The molecule has 0 aliphatic heterocycles. The normalized spacial score (nSPS) is 12.0. The molecule has 0 unspecified atom stereocenters. The van der Waals surface area contributed by atoms with E-state index in [4.69, 9.17) is 5.11 Å². The van der Waals surface area contributed by atoms with Gasteiger partial charge in [-0.1, -0.05) is 88.6 Å². The van der Waals surface area contributed by atoms with Gasteiger partial charge in [-0.2, -0.15) is 39.5 Å². The number of hydrogen-bond donors (Lipinski definition) is 4. The summed E-state index contributed by atoms with van der Waals surface area (Å²) in [5.74, 6) is -1.19. The number of allylic oxidation sites excluding steroid dienone is 3. The number of aliphatic hydroxyl groups excluding tert-OH is 1. The largest absolute Gasteiger partial charge is 0.409 e. The van der Waals surface area contributed by atoms with E-state index in [9.17, 15) is 58.7 Å². The van der Waals surface area contributed by atoms with Crippen LogP contribution in [0.4, 0.5) is 56.6 Å². The Morgan fingerprint density at radius 3 is 1.20 bits per heavy atom. The van der Waals surface area contributed by atoms with E-state index in [1.54, 1.807) is 45.2 Å². The van der Waals surface area contributed by atoms with Crippen LogP contribution in [0.25, 0.3) is 49.3 Å². The Morgan fingerprint density at radius 2 is 0.850 bits per heavy atom. The van der Waals surface area contributed by atoms with Gasteiger partial charge in [0, 0.05) is 34.9 Å². The smallest absolute Gasteiger partial charge is 0.389 e. The lowest BCUT2D eigenvalue weighted by Crippen LogP contribution is -2.13. The number of pyridine rings is 3. The lowest BCUT2D eigenvalue weighted by atomic mass is 10.0. The van der Waals surface area contributed by atoms with Crippen molar-refractivity contribution in [2.24, 2.45) is 0 Å². The number of benzene rings is 3. The van der Waals surface area contributed by atoms with Crippen LogP contribution in [0, 0.1) is 27.7 Å². The second-order valence-corrected chi connectivity index (χ2v) is 20.3. The van der Waals surface area contributed by atoms with Crippen molar-refractivity contribution >= 4 is 124 Å². The van der Waals surface area contributed by atoms with E-state index < -0.39 is 30.3 Å². The summed E-state index contributed by atoms with van der Waals surface area (Å²) in [6.07, 6.45) is -4.72. The molecule has 3 amide bonds. The molecule has 0 saturated carbocycles. The monoisotopic (exact) mass is 1160 g/mol. The Labute approximate surface area is 459 Å². The van der Waals surface area contributed by atoms with Gasteiger partial charge in [0.1, 0.15) is 36.0 Å². The number of aryl methyl sites for hydroxylation is 4. The molecule has 3 aromatic carbocycles. The number of nitrogens with one attached hydrogen (secondary N) is 3. The first-order valence-electron chi connectivity index (χ1n) is 23.1. The van der Waals surface area contributed by atoms with E-state index in [1.165, 1.54) is 89.7 Å². The lowest BCUT2D eigenvalue weighted by Gasteiger charge is -2.08. The number of alkyl halides is 9. The zero-order chi connectivity index (χ0) is 58.1. The Kier molecular flexibility index (Phi) is 18.5. The number of carbonyl (C=O) groups excluding carboxylic acids is 4. The zero-order valence-electron chi connectivity index (χ0n) is 41.8. The Bertz CT molecular complexity index is 3880. The molecule has 9 aromatic rings. The standard InChI is InChI=1S/C18H14F3N3O2S.C18H12F3N3O2S.C18H14F3N3OS/c2*1-10-6-11(4-5-18(19,20)21)2-3-13(10)16(26)23-12-7-14-17(22-8-12)27-15(9-25)24-14;1-10-7-12(5-6-18(19,20)21)3-4-14(10)16(25)24-13-8-15-17(22-9-13)26-11(2)23-15/h2-8,25H,9H2,1H3,(H,23,26);2-9H,1H3,(H,23,26);3-9H,1-2H3,(H,24,25)/b2*5-4+;6-5+. The SMILES string of the molecule is Cc1cc(/C=C/C(F)(F)F)ccc1C(=O)Nc1cnc2sc(C=O)nc2c1.Cc1cc(/C=C/C(F)(F)F)ccc1C(=O)Nc1cnc2sc(CO)nc2c1.Cc1nc2cc(NC(=O)c3ccc(/C=C/C(F)(F)F)cc3C)cnc2s1. The first kappa shape index (κ1) is 59.1. The fourth-order valence-corrected chi connectivity index (χ4v) is 9.46. The lowest BCUT2D eigenvalue weighted by molar-refractivity contribution is -0.0800. The van der Waals surface area contributed by atoms with Crippen LogP contribution in [0.5, 0.6) is 0 Å². The molecular formula is C54H40F9N9O5S3. The second-order valence-electron chi connectivity index (χ2n) is 17.0. The highest BCUT2D eigenvalue weighted by molar-refractivity contribution is 7.19. The maximum atomic E-state index is 12.5. The van der Waals surface area contributed by atoms with Gasteiger partial charge in [-0.25, -0.2) is 29.9 Å². The summed E-state index contributed by atoms with van der Waals surface area (Å²) in [5, 5.41) is 18.9. The molecule has 9 rings (SSSR count). The van der Waals surface area contributed by atoms with Gasteiger partial charge in [-0.05, 0) is 97.5 Å². The fraction of sp³-hybridized carbons (Fsp3) is 0.148. The summed E-state index contributed by atoms with van der Waals surface area (Å²) in [6, 6.07) is 18.3. The van der Waals surface area contributed by atoms with Crippen LogP contribution in [0.2, 0.25) is 0 Å². The van der Waals surface area contributed by atoms with Crippen molar-refractivity contribution in [2.45, 2.75) is 52.8 Å². The van der Waals surface area contributed by atoms with Crippen molar-refractivity contribution in [1.82, 2.24) is 29.9 Å². The maximum absolute atomic E-state index is 12.5. The van der Waals surface area contributed by atoms with Crippen molar-refractivity contribution in [3.8, 4) is 0 Å². The van der Waals surface area contributed by atoms with Crippen LogP contribution in [-0.4, -0.2) is 77.5 Å². The minimum atomic E-state index is -4.39. The van der Waals surface area contributed by atoms with Crippen LogP contribution in [0.15, 0.2) is 110 Å². The van der Waals surface area contributed by atoms with Gasteiger partial charge < -0.3 is 21.1 Å². The molecule has 0 aliphatic rings. The highest BCUT2D eigenvalue weighted by Gasteiger charge is 2.24. The Morgan fingerprint density at radius 1 is 0.500 bits per heavy atom. The topological polar surface area (TPSA) is 202 Å². The van der Waals surface area contributed by atoms with Crippen molar-refractivity contribution in [2.75, 3.05) is 16.0 Å². The number of fused-ring (bicyclic) bond motifs is 3. The van der Waals surface area contributed by atoms with E-state index in [2.05, 4.69) is 45.9 Å². The molecule has 80 heavy (non-hydrogen) atoms. The third kappa shape index (κ3) is 16.7. The Hall–Kier alpha value is -8.59. The van der Waals surface area contributed by atoms with Gasteiger partial charge >= 0.3 is 18.5 Å². The first-order valence-corrected chi connectivity index (χ1v) is 25.5. The van der Waals surface area contributed by atoms with Crippen molar-refractivity contribution in [1.29, 1.82) is 0 Å². The molecule has 0 spiro atoms. The summed E-state index contributed by atoms with van der Waals surface area (Å²) in [5.41, 5.74) is 6.85. The predicted octanol–water partition coefficient (Wildman–Crippen LogP) is 14.1. The number of anilines is 3. The molecule has 0 aliphatic carbocycles. The highest BCUT2D eigenvalue weighted by Crippen LogP contribution is 2.28. The van der Waals surface area contributed by atoms with E-state index in [-0.39, 0.29) is 30.7 Å². The summed E-state index contributed by atoms with van der Waals surface area (Å²) in [4.78, 5) is 75.4. The van der Waals surface area contributed by atoms with Gasteiger partial charge in [-0.3, -0.25) is 19.2 Å². The number of rotatable bonds is 11. The minimum absolute atomic E-state index is 0.143. The summed E-state index contributed by atoms with van der Waals surface area (Å²) >= 11 is 3.87. The molecule has 0 saturated heterocycles. The Balaban J connectivity index is 0.000000173. The van der Waals surface area contributed by atoms with Crippen LogP contribution in [0.3, 0.4) is 0 Å². The highest BCUT2D eigenvalue weighted by atomic mass is 32.1. The van der Waals surface area contributed by atoms with Gasteiger partial charge in [0.05, 0.1) is 47.3 Å². The molecule has 4 N–H and O–H groups in total. The molecule has 0 bridgehead atoms. The molecule has 0 atom stereocenters. The van der Waals surface area contributed by atoms with Gasteiger partial charge in [0.2, 0.25) is 0 Å². The molecule has 14 nitrogen and oxygen atoms in total. The number of thiazole rings is 3. The van der Waals surface area contributed by atoms with Crippen molar-refractivity contribution in [3.63, 3.8) is 0 Å². The van der Waals surface area contributed by atoms with Crippen molar-refractivity contribution in [3.05, 3.63) is 175 Å².